The van der Waals surface area contributed by atoms with Crippen molar-refractivity contribution in [1.82, 2.24) is 4.90 Å². The van der Waals surface area contributed by atoms with Crippen LogP contribution in [0.1, 0.15) is 33.6 Å². The third kappa shape index (κ3) is 5.50. The Morgan fingerprint density at radius 1 is 1.33 bits per heavy atom. The summed E-state index contributed by atoms with van der Waals surface area (Å²) in [5.74, 6) is 0.618. The van der Waals surface area contributed by atoms with Crippen LogP contribution in [0.5, 0.6) is 5.75 Å². The van der Waals surface area contributed by atoms with Crippen molar-refractivity contribution in [3.63, 3.8) is 0 Å². The van der Waals surface area contributed by atoms with E-state index in [4.69, 9.17) is 9.47 Å². The highest BCUT2D eigenvalue weighted by Gasteiger charge is 2.36. The van der Waals surface area contributed by atoms with E-state index in [2.05, 4.69) is 22.6 Å². The zero-order chi connectivity index (χ0) is 17.7. The van der Waals surface area contributed by atoms with Gasteiger partial charge < -0.3 is 14.4 Å². The van der Waals surface area contributed by atoms with Crippen molar-refractivity contribution in [2.24, 2.45) is 5.92 Å². The van der Waals surface area contributed by atoms with Crippen molar-refractivity contribution in [3.8, 4) is 5.75 Å². The first-order valence-electron chi connectivity index (χ1n) is 8.24. The largest absolute Gasteiger partial charge is 0.493 e. The molecule has 1 aliphatic rings. The molecule has 0 spiro atoms. The van der Waals surface area contributed by atoms with Crippen LogP contribution >= 0.6 is 22.6 Å². The van der Waals surface area contributed by atoms with E-state index in [-0.39, 0.29) is 23.9 Å². The predicted molar refractivity (Wildman–Crippen MR) is 100 cm³/mol. The topological polar surface area (TPSA) is 38.8 Å². The molecule has 1 amide bonds. The first kappa shape index (κ1) is 19.3. The molecule has 1 saturated heterocycles. The maximum Gasteiger partial charge on any atom is 0.410 e. The second-order valence-electron chi connectivity index (χ2n) is 7.06. The smallest absolute Gasteiger partial charge is 0.410 e. The lowest BCUT2D eigenvalue weighted by Crippen LogP contribution is -2.52. The van der Waals surface area contributed by atoms with Gasteiger partial charge in [-0.1, -0.05) is 22.6 Å². The third-order valence-corrected chi connectivity index (χ3v) is 4.88. The monoisotopic (exact) mass is 449 g/mol. The first-order chi connectivity index (χ1) is 11.3. The molecule has 6 heteroatoms. The van der Waals surface area contributed by atoms with Gasteiger partial charge in [-0.05, 0) is 57.9 Å². The molecule has 134 valence electrons. The molecular formula is C18H25FINO3. The number of rotatable bonds is 4. The molecular weight excluding hydrogens is 424 g/mol. The minimum Gasteiger partial charge on any atom is -0.493 e. The Morgan fingerprint density at radius 3 is 2.58 bits per heavy atom. The van der Waals surface area contributed by atoms with Crippen LogP contribution in [0.4, 0.5) is 9.18 Å². The van der Waals surface area contributed by atoms with Gasteiger partial charge in [0.25, 0.3) is 0 Å². The van der Waals surface area contributed by atoms with Crippen LogP contribution in [0.2, 0.25) is 0 Å². The van der Waals surface area contributed by atoms with E-state index in [1.807, 2.05) is 25.7 Å². The van der Waals surface area contributed by atoms with Gasteiger partial charge >= 0.3 is 6.09 Å². The van der Waals surface area contributed by atoms with Crippen molar-refractivity contribution < 1.29 is 18.7 Å². The van der Waals surface area contributed by atoms with E-state index >= 15 is 0 Å². The molecule has 1 heterocycles. The van der Waals surface area contributed by atoms with Gasteiger partial charge in [-0.25, -0.2) is 9.18 Å². The summed E-state index contributed by atoms with van der Waals surface area (Å²) in [5.41, 5.74) is -0.496. The number of amides is 1. The summed E-state index contributed by atoms with van der Waals surface area (Å²) in [4.78, 5) is 14.3. The maximum absolute atomic E-state index is 13.0. The van der Waals surface area contributed by atoms with Crippen molar-refractivity contribution in [2.75, 3.05) is 17.6 Å². The number of nitrogens with zero attached hydrogens (tertiary/aromatic N) is 1. The Balaban J connectivity index is 1.99. The zero-order valence-electron chi connectivity index (χ0n) is 14.4. The lowest BCUT2D eigenvalue weighted by molar-refractivity contribution is -0.000226. The van der Waals surface area contributed by atoms with Crippen LogP contribution in [0, 0.1) is 11.7 Å². The highest BCUT2D eigenvalue weighted by molar-refractivity contribution is 14.1. The Hall–Kier alpha value is -1.05. The van der Waals surface area contributed by atoms with Gasteiger partial charge in [-0.2, -0.15) is 0 Å². The van der Waals surface area contributed by atoms with Gasteiger partial charge in [-0.3, -0.25) is 0 Å². The number of hydrogen-bond donors (Lipinski definition) is 0. The number of alkyl halides is 1. The molecule has 1 fully saturated rings. The molecule has 1 aromatic carbocycles. The summed E-state index contributed by atoms with van der Waals surface area (Å²) in [6, 6.07) is 6.12. The van der Waals surface area contributed by atoms with Crippen molar-refractivity contribution >= 4 is 28.7 Å². The molecule has 0 radical (unpaired) electrons. The van der Waals surface area contributed by atoms with Crippen LogP contribution < -0.4 is 4.74 Å². The fourth-order valence-corrected chi connectivity index (χ4v) is 4.02. The highest BCUT2D eigenvalue weighted by atomic mass is 127. The average Bonchev–Trinajstić information content (AvgIpc) is 2.52. The number of hydrogen-bond acceptors (Lipinski definition) is 3. The summed E-state index contributed by atoms with van der Waals surface area (Å²) >= 11 is 2.31. The summed E-state index contributed by atoms with van der Waals surface area (Å²) in [6.45, 7) is 6.86. The van der Waals surface area contributed by atoms with Gasteiger partial charge in [-0.15, -0.1) is 0 Å². The highest BCUT2D eigenvalue weighted by Crippen LogP contribution is 2.28. The Kier molecular flexibility index (Phi) is 6.71. The van der Waals surface area contributed by atoms with Crippen LogP contribution in [0.15, 0.2) is 24.3 Å². The summed E-state index contributed by atoms with van der Waals surface area (Å²) in [5, 5.41) is 0. The minimum atomic E-state index is -0.496. The molecule has 0 aromatic heterocycles. The van der Waals surface area contributed by atoms with Crippen molar-refractivity contribution in [3.05, 3.63) is 30.1 Å². The Bertz CT molecular complexity index is 544. The Labute approximate surface area is 156 Å². The molecule has 0 N–H and O–H groups in total. The molecule has 0 aliphatic carbocycles. The quantitative estimate of drug-likeness (QED) is 0.496. The standard InChI is InChI=1S/C18H25FINO3/c1-18(2,3)24-17(22)21-10-4-5-13(16(21)11-20)12-23-15-8-6-14(19)7-9-15/h6-9,13,16H,4-5,10-12H2,1-3H3. The molecule has 2 unspecified atom stereocenters. The lowest BCUT2D eigenvalue weighted by Gasteiger charge is -2.40. The van der Waals surface area contributed by atoms with Gasteiger partial charge in [0.15, 0.2) is 0 Å². The number of benzene rings is 1. The summed E-state index contributed by atoms with van der Waals surface area (Å²) in [7, 11) is 0. The fraction of sp³-hybridized carbons (Fsp3) is 0.611. The van der Waals surface area contributed by atoms with Gasteiger partial charge in [0.05, 0.1) is 12.6 Å². The van der Waals surface area contributed by atoms with E-state index in [0.29, 0.717) is 12.4 Å². The zero-order valence-corrected chi connectivity index (χ0v) is 16.6. The van der Waals surface area contributed by atoms with E-state index in [1.165, 1.54) is 12.1 Å². The maximum atomic E-state index is 13.0. The molecule has 1 aromatic rings. The molecule has 1 aliphatic heterocycles. The number of carbonyl (C=O) groups excluding carboxylic acids is 1. The molecule has 0 bridgehead atoms. The van der Waals surface area contributed by atoms with E-state index in [9.17, 15) is 9.18 Å². The molecule has 4 nitrogen and oxygen atoms in total. The van der Waals surface area contributed by atoms with Crippen molar-refractivity contribution in [2.45, 2.75) is 45.3 Å². The SMILES string of the molecule is CC(C)(C)OC(=O)N1CCCC(COc2ccc(F)cc2)C1CI. The number of carbonyl (C=O) groups is 1. The van der Waals surface area contributed by atoms with Crippen molar-refractivity contribution in [1.29, 1.82) is 0 Å². The van der Waals surface area contributed by atoms with E-state index < -0.39 is 5.60 Å². The predicted octanol–water partition coefficient (Wildman–Crippen LogP) is 4.66. The number of piperidine rings is 1. The van der Waals surface area contributed by atoms with Crippen LogP contribution in [0.3, 0.4) is 0 Å². The van der Waals surface area contributed by atoms with Crippen LogP contribution in [-0.2, 0) is 4.74 Å². The van der Waals surface area contributed by atoms with E-state index in [0.717, 1.165) is 23.8 Å². The van der Waals surface area contributed by atoms with Crippen LogP contribution in [-0.4, -0.2) is 40.2 Å². The second kappa shape index (κ2) is 8.36. The van der Waals surface area contributed by atoms with E-state index in [1.54, 1.807) is 12.1 Å². The fourth-order valence-electron chi connectivity index (χ4n) is 2.82. The molecule has 2 atom stereocenters. The summed E-state index contributed by atoms with van der Waals surface area (Å²) in [6.07, 6.45) is 1.69. The first-order valence-corrected chi connectivity index (χ1v) is 9.76. The molecule has 2 rings (SSSR count). The summed E-state index contributed by atoms with van der Waals surface area (Å²) < 4.78 is 25.1. The van der Waals surface area contributed by atoms with Gasteiger partial charge in [0.1, 0.15) is 17.2 Å². The molecule has 0 saturated carbocycles. The molecule has 24 heavy (non-hydrogen) atoms. The second-order valence-corrected chi connectivity index (χ2v) is 7.94. The number of ether oxygens (including phenoxy) is 2. The Morgan fingerprint density at radius 2 is 2.00 bits per heavy atom. The third-order valence-electron chi connectivity index (χ3n) is 3.98. The van der Waals surface area contributed by atoms with Crippen LogP contribution in [0.25, 0.3) is 0 Å². The number of likely N-dealkylation sites (tertiary alicyclic amines) is 1. The average molecular weight is 449 g/mol. The lowest BCUT2D eigenvalue weighted by atomic mass is 9.91. The number of halogens is 2. The van der Waals surface area contributed by atoms with Gasteiger partial charge in [0, 0.05) is 16.9 Å². The minimum absolute atomic E-state index is 0.0923. The van der Waals surface area contributed by atoms with Gasteiger partial charge in [0.2, 0.25) is 0 Å². The normalized spacial score (nSPS) is 21.5.